The number of halogens is 1. The monoisotopic (exact) mass is 491 g/mol. The molecule has 0 spiro atoms. The van der Waals surface area contributed by atoms with Gasteiger partial charge in [-0.15, -0.1) is 0 Å². The van der Waals surface area contributed by atoms with E-state index in [1.807, 2.05) is 90.5 Å². The van der Waals surface area contributed by atoms with Crippen LogP contribution in [0.3, 0.4) is 0 Å². The lowest BCUT2D eigenvalue weighted by Gasteiger charge is -2.30. The van der Waals surface area contributed by atoms with E-state index < -0.39 is 5.60 Å². The van der Waals surface area contributed by atoms with Crippen LogP contribution in [0.2, 0.25) is 5.02 Å². The lowest BCUT2D eigenvalue weighted by Crippen LogP contribution is -2.31. The van der Waals surface area contributed by atoms with Crippen LogP contribution in [0.25, 0.3) is 32.8 Å². The first-order chi connectivity index (χ1) is 17.4. The molecule has 0 saturated carbocycles. The lowest BCUT2D eigenvalue weighted by molar-refractivity contribution is 0.118. The number of aryl methyl sites for hydroxylation is 1. The van der Waals surface area contributed by atoms with E-state index in [0.717, 1.165) is 32.8 Å². The predicted octanol–water partition coefficient (Wildman–Crippen LogP) is 6.02. The summed E-state index contributed by atoms with van der Waals surface area (Å²) in [5.74, 6) is 0. The van der Waals surface area contributed by atoms with Gasteiger partial charge in [-0.2, -0.15) is 0 Å². The molecular weight excluding hydrogens is 470 g/mol. The number of aromatic nitrogens is 3. The molecule has 2 N–H and O–H groups in total. The molecular formula is C30H22ClN3O2. The molecule has 0 saturated heterocycles. The number of aromatic amines is 1. The highest BCUT2D eigenvalue weighted by atomic mass is 35.5. The molecule has 0 aliphatic heterocycles. The molecule has 0 bridgehead atoms. The van der Waals surface area contributed by atoms with Crippen molar-refractivity contribution in [1.82, 2.24) is 14.5 Å². The summed E-state index contributed by atoms with van der Waals surface area (Å²) < 4.78 is 1.82. The Hall–Kier alpha value is -4.19. The molecule has 6 heteroatoms. The number of H-pyrrole nitrogens is 1. The van der Waals surface area contributed by atoms with Gasteiger partial charge in [-0.3, -0.25) is 4.79 Å². The summed E-state index contributed by atoms with van der Waals surface area (Å²) in [5.41, 5.74) is 2.54. The third-order valence-corrected chi connectivity index (χ3v) is 6.99. The van der Waals surface area contributed by atoms with Gasteiger partial charge in [0.25, 0.3) is 0 Å². The van der Waals surface area contributed by atoms with Gasteiger partial charge in [-0.05, 0) is 63.4 Å². The highest BCUT2D eigenvalue weighted by molar-refractivity contribution is 6.30. The molecule has 1 atom stereocenters. The van der Waals surface area contributed by atoms with Crippen molar-refractivity contribution in [3.05, 3.63) is 136 Å². The summed E-state index contributed by atoms with van der Waals surface area (Å²) in [6.07, 6.45) is 3.36. The summed E-state index contributed by atoms with van der Waals surface area (Å²) in [4.78, 5) is 19.7. The SMILES string of the molecule is Cn1cncc1C(O)(c1ccc2ccccc2c1)c1ccc2[nH]c(=O)cc(-c3cccc(Cl)c3)c2c1. The first kappa shape index (κ1) is 22.3. The molecule has 6 rings (SSSR count). The number of rotatable bonds is 4. The molecule has 0 fully saturated rings. The zero-order valence-corrected chi connectivity index (χ0v) is 20.2. The van der Waals surface area contributed by atoms with Gasteiger partial charge in [0, 0.05) is 29.0 Å². The maximum Gasteiger partial charge on any atom is 0.249 e. The van der Waals surface area contributed by atoms with Gasteiger partial charge in [0.15, 0.2) is 5.60 Å². The number of hydrogen-bond donors (Lipinski definition) is 2. The fourth-order valence-corrected chi connectivity index (χ4v) is 5.15. The highest BCUT2D eigenvalue weighted by Gasteiger charge is 2.37. The maximum atomic E-state index is 12.5. The van der Waals surface area contributed by atoms with Crippen molar-refractivity contribution in [3.63, 3.8) is 0 Å². The van der Waals surface area contributed by atoms with Gasteiger partial charge in [0.05, 0.1) is 18.2 Å². The van der Waals surface area contributed by atoms with E-state index in [4.69, 9.17) is 11.6 Å². The van der Waals surface area contributed by atoms with E-state index >= 15 is 0 Å². The first-order valence-electron chi connectivity index (χ1n) is 11.6. The Morgan fingerprint density at radius 1 is 0.889 bits per heavy atom. The van der Waals surface area contributed by atoms with Crippen molar-refractivity contribution in [2.24, 2.45) is 7.05 Å². The van der Waals surface area contributed by atoms with Crippen LogP contribution >= 0.6 is 11.6 Å². The van der Waals surface area contributed by atoms with E-state index in [9.17, 15) is 9.90 Å². The number of fused-ring (bicyclic) bond motifs is 2. The van der Waals surface area contributed by atoms with Gasteiger partial charge in [0.1, 0.15) is 0 Å². The van der Waals surface area contributed by atoms with Crippen LogP contribution in [0, 0.1) is 0 Å². The molecule has 2 heterocycles. The van der Waals surface area contributed by atoms with Crippen LogP contribution in [0.5, 0.6) is 0 Å². The second-order valence-electron chi connectivity index (χ2n) is 8.98. The molecule has 0 radical (unpaired) electrons. The quantitative estimate of drug-likeness (QED) is 0.317. The Morgan fingerprint density at radius 3 is 2.44 bits per heavy atom. The van der Waals surface area contributed by atoms with Crippen LogP contribution < -0.4 is 5.56 Å². The standard InChI is InChI=1S/C30H22ClN3O2/c1-34-18-32-17-28(34)30(36,22-10-9-19-5-2-3-6-20(19)13-22)23-11-12-27-26(15-23)25(16-29(35)33-27)21-7-4-8-24(31)14-21/h2-18,36H,1H3,(H,33,35). The first-order valence-corrected chi connectivity index (χ1v) is 11.9. The van der Waals surface area contributed by atoms with Gasteiger partial charge >= 0.3 is 0 Å². The largest absolute Gasteiger partial charge is 0.374 e. The summed E-state index contributed by atoms with van der Waals surface area (Å²) in [6.45, 7) is 0. The summed E-state index contributed by atoms with van der Waals surface area (Å²) in [6, 6.07) is 28.6. The van der Waals surface area contributed by atoms with Crippen LogP contribution in [-0.4, -0.2) is 19.6 Å². The molecule has 176 valence electrons. The minimum atomic E-state index is -1.49. The molecule has 0 amide bonds. The van der Waals surface area contributed by atoms with E-state index in [-0.39, 0.29) is 5.56 Å². The number of benzene rings is 4. The van der Waals surface area contributed by atoms with Gasteiger partial charge in [-0.1, -0.05) is 66.2 Å². The van der Waals surface area contributed by atoms with Crippen molar-refractivity contribution in [2.75, 3.05) is 0 Å². The third kappa shape index (κ3) is 3.61. The Morgan fingerprint density at radius 2 is 1.67 bits per heavy atom. The van der Waals surface area contributed by atoms with Crippen LogP contribution in [0.15, 0.2) is 108 Å². The van der Waals surface area contributed by atoms with Gasteiger partial charge < -0.3 is 14.7 Å². The zero-order valence-electron chi connectivity index (χ0n) is 19.4. The molecule has 5 nitrogen and oxygen atoms in total. The second-order valence-corrected chi connectivity index (χ2v) is 9.42. The number of nitrogens with one attached hydrogen (secondary N) is 1. The summed E-state index contributed by atoms with van der Waals surface area (Å²) in [7, 11) is 1.87. The number of aliphatic hydroxyl groups is 1. The van der Waals surface area contributed by atoms with Crippen molar-refractivity contribution >= 4 is 33.3 Å². The molecule has 1 unspecified atom stereocenters. The fourth-order valence-electron chi connectivity index (χ4n) is 4.96. The van der Waals surface area contributed by atoms with E-state index in [1.54, 1.807) is 24.7 Å². The third-order valence-electron chi connectivity index (χ3n) is 6.75. The molecule has 6 aromatic rings. The lowest BCUT2D eigenvalue weighted by atomic mass is 9.82. The predicted molar refractivity (Wildman–Crippen MR) is 144 cm³/mol. The number of nitrogens with zero attached hydrogens (tertiary/aromatic N) is 2. The minimum absolute atomic E-state index is 0.207. The fraction of sp³-hybridized carbons (Fsp3) is 0.0667. The molecule has 4 aromatic carbocycles. The topological polar surface area (TPSA) is 70.9 Å². The number of imidazole rings is 1. The summed E-state index contributed by atoms with van der Waals surface area (Å²) >= 11 is 6.27. The highest BCUT2D eigenvalue weighted by Crippen LogP contribution is 2.40. The smallest absolute Gasteiger partial charge is 0.249 e. The molecule has 36 heavy (non-hydrogen) atoms. The van der Waals surface area contributed by atoms with Crippen molar-refractivity contribution in [3.8, 4) is 11.1 Å². The van der Waals surface area contributed by atoms with E-state index in [2.05, 4.69) is 9.97 Å². The van der Waals surface area contributed by atoms with Gasteiger partial charge in [0.2, 0.25) is 5.56 Å². The van der Waals surface area contributed by atoms with Crippen molar-refractivity contribution < 1.29 is 5.11 Å². The maximum absolute atomic E-state index is 12.5. The molecule has 0 aliphatic carbocycles. The van der Waals surface area contributed by atoms with Crippen molar-refractivity contribution in [1.29, 1.82) is 0 Å². The second kappa shape index (κ2) is 8.48. The Bertz CT molecular complexity index is 1820. The molecule has 2 aromatic heterocycles. The Labute approximate surface area is 212 Å². The average Bonchev–Trinajstić information content (AvgIpc) is 3.33. The van der Waals surface area contributed by atoms with E-state index in [1.165, 1.54) is 0 Å². The van der Waals surface area contributed by atoms with Crippen LogP contribution in [0.4, 0.5) is 0 Å². The average molecular weight is 492 g/mol. The molecule has 0 aliphatic rings. The van der Waals surface area contributed by atoms with Crippen LogP contribution in [0.1, 0.15) is 16.8 Å². The minimum Gasteiger partial charge on any atom is -0.374 e. The Kier molecular flexibility index (Phi) is 5.25. The van der Waals surface area contributed by atoms with Crippen molar-refractivity contribution in [2.45, 2.75) is 5.60 Å². The van der Waals surface area contributed by atoms with Gasteiger partial charge in [-0.25, -0.2) is 4.98 Å². The zero-order chi connectivity index (χ0) is 24.9. The number of pyridine rings is 1. The normalized spacial score (nSPS) is 13.2. The van der Waals surface area contributed by atoms with E-state index in [0.29, 0.717) is 21.8 Å². The van der Waals surface area contributed by atoms with Crippen LogP contribution in [-0.2, 0) is 12.6 Å². The summed E-state index contributed by atoms with van der Waals surface area (Å²) in [5, 5.41) is 16.0. The number of hydrogen-bond acceptors (Lipinski definition) is 3. The Balaban J connectivity index is 1.65.